The Kier molecular flexibility index (Phi) is 3.79. The van der Waals surface area contributed by atoms with Crippen molar-refractivity contribution < 1.29 is 4.79 Å². The highest BCUT2D eigenvalue weighted by atomic mass is 16.2. The van der Waals surface area contributed by atoms with E-state index in [1.165, 1.54) is 24.1 Å². The predicted octanol–water partition coefficient (Wildman–Crippen LogP) is 2.95. The van der Waals surface area contributed by atoms with Gasteiger partial charge in [-0.15, -0.1) is 0 Å². The molecule has 1 unspecified atom stereocenters. The second-order valence-electron chi connectivity index (χ2n) is 7.12. The van der Waals surface area contributed by atoms with E-state index >= 15 is 0 Å². The van der Waals surface area contributed by atoms with Gasteiger partial charge in [-0.3, -0.25) is 9.89 Å². The molecule has 1 N–H and O–H groups in total. The topological polar surface area (TPSA) is 52.2 Å². The van der Waals surface area contributed by atoms with Crippen LogP contribution in [0.4, 0.5) is 5.69 Å². The molecule has 1 aromatic heterocycles. The van der Waals surface area contributed by atoms with E-state index in [2.05, 4.69) is 53.2 Å². The molecule has 1 atom stereocenters. The first-order valence-corrected chi connectivity index (χ1v) is 8.79. The quantitative estimate of drug-likeness (QED) is 0.944. The molecule has 1 saturated carbocycles. The molecule has 0 radical (unpaired) electrons. The number of carbonyl (C=O) groups excluding carboxylic acids is 1. The van der Waals surface area contributed by atoms with Gasteiger partial charge < -0.3 is 9.80 Å². The maximum Gasteiger partial charge on any atom is 0.274 e. The van der Waals surface area contributed by atoms with Gasteiger partial charge in [-0.2, -0.15) is 5.10 Å². The van der Waals surface area contributed by atoms with E-state index in [1.807, 2.05) is 11.0 Å². The molecule has 5 nitrogen and oxygen atoms in total. The molecule has 2 heterocycles. The first-order chi connectivity index (χ1) is 11.6. The lowest BCUT2D eigenvalue weighted by Crippen LogP contribution is -2.53. The largest absolute Gasteiger partial charge is 0.365 e. The highest BCUT2D eigenvalue weighted by Crippen LogP contribution is 2.39. The van der Waals surface area contributed by atoms with Crippen molar-refractivity contribution in [3.8, 4) is 0 Å². The second-order valence-corrected chi connectivity index (χ2v) is 7.12. The third-order valence-corrected chi connectivity index (χ3v) is 5.08. The molecule has 2 fully saturated rings. The van der Waals surface area contributed by atoms with Crippen LogP contribution in [0.3, 0.4) is 0 Å². The van der Waals surface area contributed by atoms with Gasteiger partial charge in [0, 0.05) is 43.0 Å². The molecular weight excluding hydrogens is 300 g/mol. The van der Waals surface area contributed by atoms with Gasteiger partial charge in [0.25, 0.3) is 5.91 Å². The summed E-state index contributed by atoms with van der Waals surface area (Å²) in [7, 11) is 0. The number of rotatable bonds is 3. The van der Waals surface area contributed by atoms with Gasteiger partial charge in [-0.25, -0.2) is 0 Å². The average molecular weight is 324 g/mol. The van der Waals surface area contributed by atoms with Crippen molar-refractivity contribution in [3.63, 3.8) is 0 Å². The number of aromatic nitrogens is 2. The molecular formula is C19H24N4O. The summed E-state index contributed by atoms with van der Waals surface area (Å²) in [5.74, 6) is 0.644. The Morgan fingerprint density at radius 3 is 2.79 bits per heavy atom. The molecule has 0 bridgehead atoms. The number of aromatic amines is 1. The molecule has 1 aliphatic carbocycles. The van der Waals surface area contributed by atoms with Gasteiger partial charge in [0.1, 0.15) is 5.69 Å². The highest BCUT2D eigenvalue weighted by molar-refractivity contribution is 5.92. The Morgan fingerprint density at radius 1 is 1.25 bits per heavy atom. The molecule has 1 amide bonds. The number of benzene rings is 1. The smallest absolute Gasteiger partial charge is 0.274 e. The maximum atomic E-state index is 12.7. The summed E-state index contributed by atoms with van der Waals surface area (Å²) >= 11 is 0. The van der Waals surface area contributed by atoms with Gasteiger partial charge in [0.2, 0.25) is 0 Å². The van der Waals surface area contributed by atoms with Crippen molar-refractivity contribution in [1.29, 1.82) is 0 Å². The fourth-order valence-electron chi connectivity index (χ4n) is 3.54. The standard InChI is InChI=1S/C19H24N4O/c1-13-4-3-5-16(10-13)23-9-8-22(12-14(23)2)19(24)18-11-17(20-21-18)15-6-7-15/h3-5,10-11,14-15H,6-9,12H2,1-2H3,(H,20,21). The van der Waals surface area contributed by atoms with Crippen LogP contribution in [0.2, 0.25) is 0 Å². The van der Waals surface area contributed by atoms with Crippen LogP contribution in [0.15, 0.2) is 30.3 Å². The van der Waals surface area contributed by atoms with E-state index in [4.69, 9.17) is 0 Å². The lowest BCUT2D eigenvalue weighted by atomic mass is 10.1. The number of carbonyl (C=O) groups is 1. The Morgan fingerprint density at radius 2 is 2.08 bits per heavy atom. The zero-order valence-corrected chi connectivity index (χ0v) is 14.3. The fraction of sp³-hybridized carbons (Fsp3) is 0.474. The normalized spacial score (nSPS) is 21.2. The number of amides is 1. The molecule has 2 aliphatic rings. The van der Waals surface area contributed by atoms with E-state index in [-0.39, 0.29) is 5.91 Å². The Labute approximate surface area is 142 Å². The number of anilines is 1. The van der Waals surface area contributed by atoms with Crippen LogP contribution in [0.1, 0.15) is 47.4 Å². The Bertz CT molecular complexity index is 749. The van der Waals surface area contributed by atoms with E-state index < -0.39 is 0 Å². The van der Waals surface area contributed by atoms with E-state index in [9.17, 15) is 4.79 Å². The van der Waals surface area contributed by atoms with E-state index in [1.54, 1.807) is 0 Å². The summed E-state index contributed by atoms with van der Waals surface area (Å²) in [6.45, 7) is 6.63. The van der Waals surface area contributed by atoms with Crippen LogP contribution in [0.5, 0.6) is 0 Å². The summed E-state index contributed by atoms with van der Waals surface area (Å²) < 4.78 is 0. The summed E-state index contributed by atoms with van der Waals surface area (Å²) in [6.07, 6.45) is 2.42. The van der Waals surface area contributed by atoms with Crippen LogP contribution in [-0.4, -0.2) is 46.7 Å². The fourth-order valence-corrected chi connectivity index (χ4v) is 3.54. The molecule has 0 spiro atoms. The summed E-state index contributed by atoms with van der Waals surface area (Å²) in [5.41, 5.74) is 4.19. The van der Waals surface area contributed by atoms with Crippen molar-refractivity contribution >= 4 is 11.6 Å². The minimum atomic E-state index is 0.0499. The number of hydrogen-bond acceptors (Lipinski definition) is 3. The highest BCUT2D eigenvalue weighted by Gasteiger charge is 2.30. The summed E-state index contributed by atoms with van der Waals surface area (Å²) in [4.78, 5) is 17.0. The molecule has 5 heteroatoms. The van der Waals surface area contributed by atoms with Crippen LogP contribution >= 0.6 is 0 Å². The van der Waals surface area contributed by atoms with Crippen LogP contribution in [0, 0.1) is 6.92 Å². The van der Waals surface area contributed by atoms with Crippen molar-refractivity contribution in [1.82, 2.24) is 15.1 Å². The predicted molar refractivity (Wildman–Crippen MR) is 94.5 cm³/mol. The first kappa shape index (κ1) is 15.2. The lowest BCUT2D eigenvalue weighted by molar-refractivity contribution is 0.0720. The number of hydrogen-bond donors (Lipinski definition) is 1. The van der Waals surface area contributed by atoms with Gasteiger partial charge in [-0.1, -0.05) is 12.1 Å². The minimum absolute atomic E-state index is 0.0499. The summed E-state index contributed by atoms with van der Waals surface area (Å²) in [5, 5.41) is 7.27. The Balaban J connectivity index is 1.44. The Hall–Kier alpha value is -2.30. The average Bonchev–Trinajstić information content (AvgIpc) is 3.31. The third kappa shape index (κ3) is 2.90. The van der Waals surface area contributed by atoms with Crippen molar-refractivity contribution in [2.24, 2.45) is 0 Å². The number of nitrogens with zero attached hydrogens (tertiary/aromatic N) is 3. The maximum absolute atomic E-state index is 12.7. The molecule has 126 valence electrons. The molecule has 4 rings (SSSR count). The molecule has 1 saturated heterocycles. The van der Waals surface area contributed by atoms with Gasteiger partial charge in [0.05, 0.1) is 0 Å². The molecule has 1 aliphatic heterocycles. The molecule has 1 aromatic carbocycles. The number of piperazine rings is 1. The number of aryl methyl sites for hydroxylation is 1. The van der Waals surface area contributed by atoms with Gasteiger partial charge in [0.15, 0.2) is 0 Å². The van der Waals surface area contributed by atoms with Crippen molar-refractivity contribution in [2.75, 3.05) is 24.5 Å². The number of H-pyrrole nitrogens is 1. The monoisotopic (exact) mass is 324 g/mol. The summed E-state index contributed by atoms with van der Waals surface area (Å²) in [6, 6.07) is 10.8. The van der Waals surface area contributed by atoms with Crippen LogP contribution in [0.25, 0.3) is 0 Å². The SMILES string of the molecule is Cc1cccc(N2CCN(C(=O)c3cc(C4CC4)[nH]n3)CC2C)c1. The lowest BCUT2D eigenvalue weighted by Gasteiger charge is -2.41. The van der Waals surface area contributed by atoms with E-state index in [0.717, 1.165) is 25.3 Å². The van der Waals surface area contributed by atoms with Crippen molar-refractivity contribution in [2.45, 2.75) is 38.6 Å². The number of nitrogens with one attached hydrogen (secondary N) is 1. The molecule has 2 aromatic rings. The zero-order chi connectivity index (χ0) is 16.7. The van der Waals surface area contributed by atoms with Crippen LogP contribution in [-0.2, 0) is 0 Å². The minimum Gasteiger partial charge on any atom is -0.365 e. The molecule has 24 heavy (non-hydrogen) atoms. The van der Waals surface area contributed by atoms with Crippen molar-refractivity contribution in [3.05, 3.63) is 47.3 Å². The van der Waals surface area contributed by atoms with Gasteiger partial charge in [-0.05, 0) is 50.5 Å². The van der Waals surface area contributed by atoms with Gasteiger partial charge >= 0.3 is 0 Å². The first-order valence-electron chi connectivity index (χ1n) is 8.79. The van der Waals surface area contributed by atoms with Crippen LogP contribution < -0.4 is 4.90 Å². The third-order valence-electron chi connectivity index (χ3n) is 5.08. The van der Waals surface area contributed by atoms with E-state index in [0.29, 0.717) is 17.7 Å². The zero-order valence-electron chi connectivity index (χ0n) is 14.3. The second kappa shape index (κ2) is 5.96.